The fraction of sp³-hybridized carbons (Fsp3) is 0.298. The molecule has 0 bridgehead atoms. The van der Waals surface area contributed by atoms with Crippen molar-refractivity contribution in [3.63, 3.8) is 0 Å². The van der Waals surface area contributed by atoms with Crippen molar-refractivity contribution < 1.29 is 34.7 Å². The van der Waals surface area contributed by atoms with Crippen molar-refractivity contribution in [1.82, 2.24) is 4.98 Å². The highest BCUT2D eigenvalue weighted by Crippen LogP contribution is 2.38. The van der Waals surface area contributed by atoms with Gasteiger partial charge in [-0.15, -0.1) is 0 Å². The van der Waals surface area contributed by atoms with E-state index in [1.165, 1.54) is 0 Å². The number of ketones is 1. The second-order valence-electron chi connectivity index (χ2n) is 14.9. The molecule has 6 aromatic rings. The van der Waals surface area contributed by atoms with Crippen LogP contribution in [0.1, 0.15) is 71.4 Å². The lowest BCUT2D eigenvalue weighted by Crippen LogP contribution is -2.30. The van der Waals surface area contributed by atoms with Crippen LogP contribution in [0.2, 0.25) is 0 Å². The van der Waals surface area contributed by atoms with Crippen LogP contribution in [0, 0.1) is 5.92 Å². The molecule has 1 aliphatic carbocycles. The van der Waals surface area contributed by atoms with Crippen LogP contribution < -0.4 is 9.47 Å². The number of carbonyl (C=O) groups excluding carboxylic acids is 1. The first kappa shape index (κ1) is 37.6. The summed E-state index contributed by atoms with van der Waals surface area (Å²) in [6, 6.07) is 31.8. The predicted octanol–water partition coefficient (Wildman–Crippen LogP) is 8.95. The fourth-order valence-corrected chi connectivity index (χ4v) is 8.20. The lowest BCUT2D eigenvalue weighted by Gasteiger charge is -2.26. The summed E-state index contributed by atoms with van der Waals surface area (Å²) < 4.78 is 12.0. The van der Waals surface area contributed by atoms with Crippen LogP contribution in [0.5, 0.6) is 28.7 Å². The van der Waals surface area contributed by atoms with Crippen LogP contribution in [0.15, 0.2) is 116 Å². The Morgan fingerprint density at radius 2 is 1.58 bits per heavy atom. The molecular weight excluding hydrogens is 691 g/mol. The first-order chi connectivity index (χ1) is 26.7. The molecular formula is C47H49NO7. The molecule has 0 unspecified atom stereocenters. The van der Waals surface area contributed by atoms with Crippen LogP contribution in [-0.2, 0) is 30.5 Å². The Balaban J connectivity index is 1.18. The average Bonchev–Trinajstić information content (AvgIpc) is 3.91. The molecule has 0 aliphatic heterocycles. The minimum Gasteiger partial charge on any atom is -0.508 e. The Kier molecular flexibility index (Phi) is 11.7. The van der Waals surface area contributed by atoms with Crippen LogP contribution in [-0.4, -0.2) is 50.5 Å². The molecule has 284 valence electrons. The van der Waals surface area contributed by atoms with Gasteiger partial charge in [0.1, 0.15) is 11.5 Å². The molecule has 0 saturated heterocycles. The number of fused-ring (bicyclic) bond motifs is 1. The van der Waals surface area contributed by atoms with Gasteiger partial charge < -0.3 is 34.9 Å². The zero-order valence-corrected chi connectivity index (χ0v) is 31.2. The molecule has 55 heavy (non-hydrogen) atoms. The molecule has 3 atom stereocenters. The Morgan fingerprint density at radius 1 is 0.800 bits per heavy atom. The number of nitrogens with one attached hydrogen (secondary N) is 1. The van der Waals surface area contributed by atoms with Gasteiger partial charge in [-0.3, -0.25) is 4.79 Å². The van der Waals surface area contributed by atoms with E-state index in [-0.39, 0.29) is 41.5 Å². The van der Waals surface area contributed by atoms with Gasteiger partial charge in [-0.1, -0.05) is 66.7 Å². The standard InChI is InChI=1S/C47H49NO7/c1-54-47-41(27-34-10-6-9-32-8-2-5-15-39(32)34)35(17-19-43(47)51)25-36(22-31-20-21-48-29-31)44(52)28-45(53)40(33-11-7-12-37(49)26-33)23-30-16-18-42(50)46(24-30)55-38-13-3-4-14-38/h2,5-12,15-21,24,26,29,36,38,40,44,48-52H,3-4,13-14,22-23,25,27-28H2,1H3/t36-,40+,44+/m0/s1. The van der Waals surface area contributed by atoms with Gasteiger partial charge in [0.25, 0.3) is 0 Å². The van der Waals surface area contributed by atoms with Gasteiger partial charge in [0.05, 0.1) is 19.3 Å². The van der Waals surface area contributed by atoms with Gasteiger partial charge in [-0.25, -0.2) is 0 Å². The molecule has 1 saturated carbocycles. The van der Waals surface area contributed by atoms with Gasteiger partial charge in [-0.05, 0) is 126 Å². The Labute approximate surface area is 322 Å². The van der Waals surface area contributed by atoms with Crippen molar-refractivity contribution in [3.8, 4) is 28.7 Å². The van der Waals surface area contributed by atoms with E-state index >= 15 is 0 Å². The number of H-pyrrole nitrogens is 1. The molecule has 0 amide bonds. The van der Waals surface area contributed by atoms with Crippen molar-refractivity contribution in [2.45, 2.75) is 75.9 Å². The molecule has 8 heteroatoms. The first-order valence-electron chi connectivity index (χ1n) is 19.2. The number of methoxy groups -OCH3 is 1. The zero-order chi connectivity index (χ0) is 38.3. The molecule has 8 nitrogen and oxygen atoms in total. The van der Waals surface area contributed by atoms with E-state index in [1.807, 2.05) is 48.8 Å². The maximum absolute atomic E-state index is 14.5. The number of aromatic nitrogens is 1. The summed E-state index contributed by atoms with van der Waals surface area (Å²) in [7, 11) is 1.55. The van der Waals surface area contributed by atoms with Crippen LogP contribution >= 0.6 is 0 Å². The Morgan fingerprint density at radius 3 is 2.36 bits per heavy atom. The molecule has 1 heterocycles. The van der Waals surface area contributed by atoms with E-state index in [1.54, 1.807) is 49.6 Å². The smallest absolute Gasteiger partial charge is 0.164 e. The van der Waals surface area contributed by atoms with E-state index in [0.29, 0.717) is 42.7 Å². The third-order valence-corrected chi connectivity index (χ3v) is 11.1. The van der Waals surface area contributed by atoms with Crippen molar-refractivity contribution in [3.05, 3.63) is 149 Å². The lowest BCUT2D eigenvalue weighted by atomic mass is 9.80. The number of aliphatic hydroxyl groups is 1. The number of ether oxygens (including phenoxy) is 2. The number of aliphatic hydroxyl groups excluding tert-OH is 1. The number of carbonyl (C=O) groups is 1. The molecule has 5 N–H and O–H groups in total. The quantitative estimate of drug-likeness (QED) is 0.0670. The summed E-state index contributed by atoms with van der Waals surface area (Å²) >= 11 is 0. The van der Waals surface area contributed by atoms with Gasteiger partial charge in [0.2, 0.25) is 0 Å². The summed E-state index contributed by atoms with van der Waals surface area (Å²) in [5, 5.41) is 46.3. The highest BCUT2D eigenvalue weighted by molar-refractivity contribution is 5.87. The molecule has 1 aromatic heterocycles. The highest BCUT2D eigenvalue weighted by atomic mass is 16.5. The Bertz CT molecular complexity index is 2220. The van der Waals surface area contributed by atoms with E-state index in [2.05, 4.69) is 29.2 Å². The normalized spacial score (nSPS) is 14.8. The topological polar surface area (TPSA) is 132 Å². The van der Waals surface area contributed by atoms with Gasteiger partial charge in [0, 0.05) is 36.7 Å². The number of hydrogen-bond acceptors (Lipinski definition) is 7. The number of phenols is 3. The highest BCUT2D eigenvalue weighted by Gasteiger charge is 2.30. The number of aromatic amines is 1. The summed E-state index contributed by atoms with van der Waals surface area (Å²) in [6.07, 6.45) is 8.46. The van der Waals surface area contributed by atoms with Gasteiger partial charge in [-0.2, -0.15) is 0 Å². The van der Waals surface area contributed by atoms with Crippen molar-refractivity contribution >= 4 is 16.6 Å². The second kappa shape index (κ2) is 17.2. The van der Waals surface area contributed by atoms with Crippen molar-refractivity contribution in [2.24, 2.45) is 5.92 Å². The van der Waals surface area contributed by atoms with Gasteiger partial charge in [0.15, 0.2) is 23.0 Å². The summed E-state index contributed by atoms with van der Waals surface area (Å²) in [6.45, 7) is 0. The molecule has 1 fully saturated rings. The van der Waals surface area contributed by atoms with E-state index < -0.39 is 12.0 Å². The number of hydrogen-bond donors (Lipinski definition) is 5. The van der Waals surface area contributed by atoms with Gasteiger partial charge >= 0.3 is 0 Å². The predicted molar refractivity (Wildman–Crippen MR) is 214 cm³/mol. The number of aromatic hydroxyl groups is 3. The molecule has 5 aromatic carbocycles. The minimum atomic E-state index is -1.02. The molecule has 1 aliphatic rings. The molecule has 7 rings (SSSR count). The van der Waals surface area contributed by atoms with E-state index in [4.69, 9.17) is 9.47 Å². The maximum Gasteiger partial charge on any atom is 0.164 e. The van der Waals surface area contributed by atoms with Crippen LogP contribution in [0.3, 0.4) is 0 Å². The third kappa shape index (κ3) is 8.98. The molecule has 0 radical (unpaired) electrons. The van der Waals surface area contributed by atoms with E-state index in [9.17, 15) is 25.2 Å². The first-order valence-corrected chi connectivity index (χ1v) is 19.2. The average molecular weight is 740 g/mol. The number of Topliss-reactive ketones (excluding diaryl/α,β-unsaturated/α-hetero) is 1. The summed E-state index contributed by atoms with van der Waals surface area (Å²) in [4.78, 5) is 17.6. The maximum atomic E-state index is 14.5. The third-order valence-electron chi connectivity index (χ3n) is 11.1. The number of phenolic OH excluding ortho intramolecular Hbond substituents is 3. The summed E-state index contributed by atoms with van der Waals surface area (Å²) in [5.74, 6) is -0.254. The Hall–Kier alpha value is -5.73. The monoisotopic (exact) mass is 739 g/mol. The van der Waals surface area contributed by atoms with Crippen LogP contribution in [0.4, 0.5) is 0 Å². The second-order valence-corrected chi connectivity index (χ2v) is 14.9. The summed E-state index contributed by atoms with van der Waals surface area (Å²) in [5.41, 5.74) is 5.28. The van der Waals surface area contributed by atoms with Crippen molar-refractivity contribution in [1.29, 1.82) is 0 Å². The largest absolute Gasteiger partial charge is 0.508 e. The number of rotatable bonds is 16. The fourth-order valence-electron chi connectivity index (χ4n) is 8.20. The zero-order valence-electron chi connectivity index (χ0n) is 31.2. The lowest BCUT2D eigenvalue weighted by molar-refractivity contribution is -0.123. The van der Waals surface area contributed by atoms with Crippen molar-refractivity contribution in [2.75, 3.05) is 7.11 Å². The SMILES string of the molecule is COc1c(O)ccc(C[C@H](Cc2cc[nH]c2)[C@H](O)CC(=O)[C@H](Cc2ccc(O)c(OC3CCCC3)c2)c2cccc(O)c2)c1Cc1cccc2ccccc12. The molecule has 0 spiro atoms. The number of benzene rings is 5. The van der Waals surface area contributed by atoms with Crippen LogP contribution in [0.25, 0.3) is 10.8 Å². The minimum absolute atomic E-state index is 0.0411. The van der Waals surface area contributed by atoms with E-state index in [0.717, 1.165) is 64.3 Å².